The van der Waals surface area contributed by atoms with Crippen LogP contribution in [0.3, 0.4) is 0 Å². The fraction of sp³-hybridized carbons (Fsp3) is 0.375. The van der Waals surface area contributed by atoms with Gasteiger partial charge in [-0.25, -0.2) is 0 Å². The Kier molecular flexibility index (Phi) is 4.90. The summed E-state index contributed by atoms with van der Waals surface area (Å²) in [5.41, 5.74) is 0.837. The van der Waals surface area contributed by atoms with Crippen LogP contribution in [0.2, 0.25) is 0 Å². The number of aromatic amines is 1. The zero-order chi connectivity index (χ0) is 8.69. The van der Waals surface area contributed by atoms with Crippen molar-refractivity contribution in [3.05, 3.63) is 28.7 Å². The Morgan fingerprint density at radius 1 is 1.36 bits per heavy atom. The lowest BCUT2D eigenvalue weighted by molar-refractivity contribution is 1.23. The van der Waals surface area contributed by atoms with Gasteiger partial charge in [-0.2, -0.15) is 0 Å². The molecule has 0 spiro atoms. The second kappa shape index (κ2) is 5.53. The molecule has 3 heteroatoms. The van der Waals surface area contributed by atoms with Crippen molar-refractivity contribution in [1.29, 1.82) is 0 Å². The highest BCUT2D eigenvalue weighted by molar-refractivity contribution is 5.38. The van der Waals surface area contributed by atoms with Gasteiger partial charge in [0, 0.05) is 19.3 Å². The van der Waals surface area contributed by atoms with Gasteiger partial charge in [-0.1, -0.05) is 13.8 Å². The summed E-state index contributed by atoms with van der Waals surface area (Å²) in [5.74, 6) is 0. The van der Waals surface area contributed by atoms with Crippen LogP contribution >= 0.6 is 0 Å². The summed E-state index contributed by atoms with van der Waals surface area (Å²) < 4.78 is 0. The largest absolute Gasteiger partial charge is 0.387 e. The molecular formula is C8H14N2O. The van der Waals surface area contributed by atoms with Crippen molar-refractivity contribution in [2.45, 2.75) is 13.8 Å². The van der Waals surface area contributed by atoms with Gasteiger partial charge in [0.25, 0.3) is 0 Å². The summed E-state index contributed by atoms with van der Waals surface area (Å²) >= 11 is 0. The molecule has 0 saturated carbocycles. The fourth-order valence-corrected chi connectivity index (χ4v) is 0.566. The molecule has 0 amide bonds. The second-order valence-electron chi connectivity index (χ2n) is 1.69. The average Bonchev–Trinajstić information content (AvgIpc) is 2.10. The van der Waals surface area contributed by atoms with Gasteiger partial charge in [0.1, 0.15) is 0 Å². The lowest BCUT2D eigenvalue weighted by Gasteiger charge is -1.94. The van der Waals surface area contributed by atoms with Crippen LogP contribution in [0, 0.1) is 0 Å². The summed E-state index contributed by atoms with van der Waals surface area (Å²) in [5, 5.41) is 2.88. The van der Waals surface area contributed by atoms with E-state index in [1.807, 2.05) is 13.8 Å². The van der Waals surface area contributed by atoms with Crippen molar-refractivity contribution < 1.29 is 0 Å². The van der Waals surface area contributed by atoms with E-state index in [9.17, 15) is 4.79 Å². The zero-order valence-corrected chi connectivity index (χ0v) is 7.14. The predicted molar refractivity (Wildman–Crippen MR) is 48.0 cm³/mol. The Morgan fingerprint density at radius 3 is 2.36 bits per heavy atom. The van der Waals surface area contributed by atoms with Gasteiger partial charge in [0.2, 0.25) is 5.56 Å². The van der Waals surface area contributed by atoms with Crippen LogP contribution in [0.25, 0.3) is 0 Å². The number of hydrogen-bond acceptors (Lipinski definition) is 2. The first-order chi connectivity index (χ1) is 5.33. The Bertz CT molecular complexity index is 222. The lowest BCUT2D eigenvalue weighted by atomic mass is 10.4. The van der Waals surface area contributed by atoms with Gasteiger partial charge in [0.05, 0.1) is 5.69 Å². The number of hydrogen-bond donors (Lipinski definition) is 2. The summed E-state index contributed by atoms with van der Waals surface area (Å²) in [6.45, 7) is 4.00. The van der Waals surface area contributed by atoms with Gasteiger partial charge in [-0.05, 0) is 6.07 Å². The minimum absolute atomic E-state index is 0.0750. The van der Waals surface area contributed by atoms with Gasteiger partial charge in [0.15, 0.2) is 0 Å². The highest BCUT2D eigenvalue weighted by Gasteiger charge is 1.83. The number of aromatic nitrogens is 1. The quantitative estimate of drug-likeness (QED) is 0.643. The third-order valence-corrected chi connectivity index (χ3v) is 1.07. The van der Waals surface area contributed by atoms with Crippen LogP contribution in [0.5, 0.6) is 0 Å². The summed E-state index contributed by atoms with van der Waals surface area (Å²) in [7, 11) is 1.80. The molecule has 0 aliphatic rings. The van der Waals surface area contributed by atoms with E-state index in [1.165, 1.54) is 6.07 Å². The normalized spacial score (nSPS) is 7.91. The number of H-pyrrole nitrogens is 1. The van der Waals surface area contributed by atoms with Gasteiger partial charge in [-0.15, -0.1) is 0 Å². The molecule has 0 fully saturated rings. The van der Waals surface area contributed by atoms with Crippen LogP contribution in [0.1, 0.15) is 13.8 Å². The molecule has 1 heterocycles. The molecule has 0 atom stereocenters. The zero-order valence-electron chi connectivity index (χ0n) is 7.14. The first-order valence-corrected chi connectivity index (χ1v) is 3.69. The van der Waals surface area contributed by atoms with Gasteiger partial charge >= 0.3 is 0 Å². The van der Waals surface area contributed by atoms with Crippen LogP contribution in [0.4, 0.5) is 5.69 Å². The minimum Gasteiger partial charge on any atom is -0.387 e. The molecular weight excluding hydrogens is 140 g/mol. The number of nitrogens with one attached hydrogen (secondary N) is 2. The van der Waals surface area contributed by atoms with Crippen molar-refractivity contribution >= 4 is 5.69 Å². The Labute approximate surface area is 66.5 Å². The van der Waals surface area contributed by atoms with E-state index in [-0.39, 0.29) is 5.56 Å². The van der Waals surface area contributed by atoms with Crippen molar-refractivity contribution in [3.8, 4) is 0 Å². The molecule has 0 aliphatic heterocycles. The topological polar surface area (TPSA) is 44.9 Å². The molecule has 1 rings (SSSR count). The number of anilines is 1. The van der Waals surface area contributed by atoms with Gasteiger partial charge in [-0.3, -0.25) is 4.79 Å². The molecule has 1 aromatic heterocycles. The van der Waals surface area contributed by atoms with E-state index >= 15 is 0 Å². The standard InChI is InChI=1S/C6H8N2O.C2H6/c1-7-5-2-3-6(9)8-4-5;1-2/h2-4,7H,1H3,(H,8,9);1-2H3. The van der Waals surface area contributed by atoms with E-state index in [2.05, 4.69) is 10.3 Å². The molecule has 62 valence electrons. The Hall–Kier alpha value is -1.25. The highest BCUT2D eigenvalue weighted by Crippen LogP contribution is 1.96. The third kappa shape index (κ3) is 3.45. The molecule has 0 unspecified atom stereocenters. The van der Waals surface area contributed by atoms with Crippen molar-refractivity contribution in [3.63, 3.8) is 0 Å². The van der Waals surface area contributed by atoms with E-state index in [0.717, 1.165) is 5.69 Å². The van der Waals surface area contributed by atoms with Crippen molar-refractivity contribution in [2.24, 2.45) is 0 Å². The maximum absolute atomic E-state index is 10.5. The minimum atomic E-state index is -0.0750. The SMILES string of the molecule is CC.CNc1ccc(=O)[nH]c1. The van der Waals surface area contributed by atoms with Crippen molar-refractivity contribution in [1.82, 2.24) is 4.98 Å². The predicted octanol–water partition coefficient (Wildman–Crippen LogP) is 1.44. The molecule has 1 aromatic rings. The first-order valence-electron chi connectivity index (χ1n) is 3.69. The maximum atomic E-state index is 10.5. The molecule has 0 saturated heterocycles. The Balaban J connectivity index is 0.000000461. The molecule has 0 bridgehead atoms. The van der Waals surface area contributed by atoms with Gasteiger partial charge < -0.3 is 10.3 Å². The van der Waals surface area contributed by atoms with E-state index in [1.54, 1.807) is 19.3 Å². The molecule has 0 radical (unpaired) electrons. The van der Waals surface area contributed by atoms with E-state index in [4.69, 9.17) is 0 Å². The van der Waals surface area contributed by atoms with Crippen molar-refractivity contribution in [2.75, 3.05) is 12.4 Å². The summed E-state index contributed by atoms with van der Waals surface area (Å²) in [4.78, 5) is 13.0. The molecule has 11 heavy (non-hydrogen) atoms. The fourth-order valence-electron chi connectivity index (χ4n) is 0.566. The lowest BCUT2D eigenvalue weighted by Crippen LogP contribution is -2.02. The second-order valence-corrected chi connectivity index (χ2v) is 1.69. The number of pyridine rings is 1. The van der Waals surface area contributed by atoms with Crippen LogP contribution in [0.15, 0.2) is 23.1 Å². The molecule has 3 nitrogen and oxygen atoms in total. The van der Waals surface area contributed by atoms with E-state index in [0.29, 0.717) is 0 Å². The number of rotatable bonds is 1. The smallest absolute Gasteiger partial charge is 0.248 e. The molecule has 0 aliphatic carbocycles. The van der Waals surface area contributed by atoms with Crippen LogP contribution in [-0.4, -0.2) is 12.0 Å². The van der Waals surface area contributed by atoms with Crippen LogP contribution in [-0.2, 0) is 0 Å². The summed E-state index contributed by atoms with van der Waals surface area (Å²) in [6.07, 6.45) is 1.63. The average molecular weight is 154 g/mol. The third-order valence-electron chi connectivity index (χ3n) is 1.07. The summed E-state index contributed by atoms with van der Waals surface area (Å²) in [6, 6.07) is 3.20. The maximum Gasteiger partial charge on any atom is 0.248 e. The Morgan fingerprint density at radius 2 is 2.00 bits per heavy atom. The van der Waals surface area contributed by atoms with E-state index < -0.39 is 0 Å². The molecule has 0 aromatic carbocycles. The highest BCUT2D eigenvalue weighted by atomic mass is 16.1. The molecule has 2 N–H and O–H groups in total. The van der Waals surface area contributed by atoms with Crippen LogP contribution < -0.4 is 10.9 Å². The monoisotopic (exact) mass is 154 g/mol. The first kappa shape index (κ1) is 9.75.